The summed E-state index contributed by atoms with van der Waals surface area (Å²) in [6, 6.07) is 10.7. The Bertz CT molecular complexity index is 709. The number of fused-ring (bicyclic) bond motifs is 1. The summed E-state index contributed by atoms with van der Waals surface area (Å²) in [5, 5.41) is 0. The van der Waals surface area contributed by atoms with Gasteiger partial charge in [-0.2, -0.15) is 0 Å². The molecule has 25 heavy (non-hydrogen) atoms. The van der Waals surface area contributed by atoms with E-state index >= 15 is 0 Å². The van der Waals surface area contributed by atoms with Crippen molar-refractivity contribution in [3.8, 4) is 11.5 Å². The summed E-state index contributed by atoms with van der Waals surface area (Å²) >= 11 is 1.90. The number of methoxy groups -OCH3 is 1. The van der Waals surface area contributed by atoms with Gasteiger partial charge in [-0.05, 0) is 37.5 Å². The van der Waals surface area contributed by atoms with E-state index in [2.05, 4.69) is 23.1 Å². The Balaban J connectivity index is 1.48. The maximum atomic E-state index is 5.96. The lowest BCUT2D eigenvalue weighted by molar-refractivity contribution is 0.114. The van der Waals surface area contributed by atoms with Crippen LogP contribution in [0.2, 0.25) is 0 Å². The van der Waals surface area contributed by atoms with Crippen molar-refractivity contribution in [3.05, 3.63) is 45.6 Å². The van der Waals surface area contributed by atoms with Gasteiger partial charge in [-0.3, -0.25) is 4.90 Å². The van der Waals surface area contributed by atoms with Crippen molar-refractivity contribution in [1.82, 2.24) is 4.90 Å². The first-order valence-corrected chi connectivity index (χ1v) is 9.86. The van der Waals surface area contributed by atoms with Gasteiger partial charge in [-0.25, -0.2) is 0 Å². The maximum Gasteiger partial charge on any atom is 0.165 e. The zero-order chi connectivity index (χ0) is 17.1. The topological polar surface area (TPSA) is 30.9 Å². The van der Waals surface area contributed by atoms with Gasteiger partial charge in [-0.1, -0.05) is 12.1 Å². The third-order valence-electron chi connectivity index (χ3n) is 4.85. The van der Waals surface area contributed by atoms with Gasteiger partial charge in [0.15, 0.2) is 11.5 Å². The number of benzene rings is 1. The minimum absolute atomic E-state index is 0.324. The summed E-state index contributed by atoms with van der Waals surface area (Å²) in [5.41, 5.74) is 1.20. The van der Waals surface area contributed by atoms with E-state index in [0.29, 0.717) is 6.10 Å². The highest BCUT2D eigenvalue weighted by molar-refractivity contribution is 7.12. The Hall–Kier alpha value is -1.56. The number of nitrogens with zero attached hydrogens (tertiary/aromatic N) is 1. The predicted molar refractivity (Wildman–Crippen MR) is 99.5 cm³/mol. The fraction of sp³-hybridized carbons (Fsp3) is 0.500. The third-order valence-corrected chi connectivity index (χ3v) is 6.01. The molecule has 5 heteroatoms. The van der Waals surface area contributed by atoms with E-state index in [1.807, 2.05) is 23.5 Å². The van der Waals surface area contributed by atoms with E-state index in [4.69, 9.17) is 14.2 Å². The second-order valence-electron chi connectivity index (χ2n) is 6.67. The summed E-state index contributed by atoms with van der Waals surface area (Å²) in [4.78, 5) is 5.30. The van der Waals surface area contributed by atoms with Crippen LogP contribution in [0, 0.1) is 0 Å². The van der Waals surface area contributed by atoms with Crippen LogP contribution in [0.4, 0.5) is 0 Å². The van der Waals surface area contributed by atoms with Crippen molar-refractivity contribution >= 4 is 11.3 Å². The number of ether oxygens (including phenoxy) is 3. The van der Waals surface area contributed by atoms with E-state index < -0.39 is 0 Å². The molecule has 1 aromatic heterocycles. The molecule has 2 aliphatic heterocycles. The van der Waals surface area contributed by atoms with E-state index in [0.717, 1.165) is 57.2 Å². The van der Waals surface area contributed by atoms with Crippen molar-refractivity contribution in [2.75, 3.05) is 26.9 Å². The monoisotopic (exact) mass is 359 g/mol. The molecule has 4 nitrogen and oxygen atoms in total. The summed E-state index contributed by atoms with van der Waals surface area (Å²) < 4.78 is 17.2. The van der Waals surface area contributed by atoms with Gasteiger partial charge in [-0.15, -0.1) is 11.3 Å². The standard InChI is InChI=1S/C20H25NO3S/c1-22-18-6-2-5-15-13-21(10-4-12-24-20(15)18)14-16-8-9-19(25-16)17-7-3-11-23-17/h2,5-6,8-9,17H,3-4,7,10-14H2,1H3/t17-/m1/s1. The molecule has 1 saturated heterocycles. The largest absolute Gasteiger partial charge is 0.493 e. The Morgan fingerprint density at radius 3 is 3.00 bits per heavy atom. The van der Waals surface area contributed by atoms with Crippen molar-refractivity contribution in [1.29, 1.82) is 0 Å². The fourth-order valence-corrected chi connectivity index (χ4v) is 4.74. The number of rotatable bonds is 4. The van der Waals surface area contributed by atoms with Gasteiger partial charge in [0.1, 0.15) is 0 Å². The fourth-order valence-electron chi connectivity index (χ4n) is 3.60. The minimum atomic E-state index is 0.324. The first-order chi connectivity index (χ1) is 12.3. The molecule has 0 spiro atoms. The average Bonchev–Trinajstić information content (AvgIpc) is 3.28. The molecule has 0 amide bonds. The highest BCUT2D eigenvalue weighted by Crippen LogP contribution is 2.35. The van der Waals surface area contributed by atoms with Crippen molar-refractivity contribution < 1.29 is 14.2 Å². The molecule has 0 aliphatic carbocycles. The molecule has 3 heterocycles. The number of hydrogen-bond donors (Lipinski definition) is 0. The van der Waals surface area contributed by atoms with E-state index in [9.17, 15) is 0 Å². The second-order valence-corrected chi connectivity index (χ2v) is 7.87. The molecule has 0 bridgehead atoms. The Kier molecular flexibility index (Phi) is 5.25. The van der Waals surface area contributed by atoms with Gasteiger partial charge in [0.2, 0.25) is 0 Å². The molecule has 2 aliphatic rings. The molecule has 0 N–H and O–H groups in total. The van der Waals surface area contributed by atoms with Gasteiger partial charge in [0.25, 0.3) is 0 Å². The second kappa shape index (κ2) is 7.77. The SMILES string of the molecule is COc1cccc2c1OCCCN(Cc1ccc([C@H]3CCCO3)s1)C2. The van der Waals surface area contributed by atoms with Crippen LogP contribution < -0.4 is 9.47 Å². The number of hydrogen-bond acceptors (Lipinski definition) is 5. The van der Waals surface area contributed by atoms with Crippen LogP contribution >= 0.6 is 11.3 Å². The van der Waals surface area contributed by atoms with Crippen LogP contribution in [0.5, 0.6) is 11.5 Å². The van der Waals surface area contributed by atoms with E-state index in [-0.39, 0.29) is 0 Å². The van der Waals surface area contributed by atoms with Gasteiger partial charge < -0.3 is 14.2 Å². The molecule has 2 aromatic rings. The first kappa shape index (κ1) is 16.9. The normalized spacial score (nSPS) is 21.2. The third kappa shape index (κ3) is 3.84. The zero-order valence-electron chi connectivity index (χ0n) is 14.7. The molecule has 4 rings (SSSR count). The maximum absolute atomic E-state index is 5.96. The molecule has 134 valence electrons. The molecule has 1 fully saturated rings. The van der Waals surface area contributed by atoms with Crippen LogP contribution in [0.15, 0.2) is 30.3 Å². The summed E-state index contributed by atoms with van der Waals surface area (Å²) in [7, 11) is 1.70. The molecule has 1 aromatic carbocycles. The highest BCUT2D eigenvalue weighted by Gasteiger charge is 2.21. The number of para-hydroxylation sites is 1. The van der Waals surface area contributed by atoms with E-state index in [1.54, 1.807) is 7.11 Å². The Labute approximate surface area is 153 Å². The summed E-state index contributed by atoms with van der Waals surface area (Å²) in [6.07, 6.45) is 3.70. The number of thiophene rings is 1. The highest BCUT2D eigenvalue weighted by atomic mass is 32.1. The lowest BCUT2D eigenvalue weighted by Gasteiger charge is -2.26. The van der Waals surface area contributed by atoms with Crippen molar-refractivity contribution in [2.45, 2.75) is 38.5 Å². The lowest BCUT2D eigenvalue weighted by atomic mass is 10.1. The molecule has 0 radical (unpaired) electrons. The van der Waals surface area contributed by atoms with Gasteiger partial charge in [0, 0.05) is 41.6 Å². The van der Waals surface area contributed by atoms with Crippen LogP contribution in [0.25, 0.3) is 0 Å². The van der Waals surface area contributed by atoms with E-state index in [1.165, 1.54) is 21.7 Å². The first-order valence-electron chi connectivity index (χ1n) is 9.05. The summed E-state index contributed by atoms with van der Waals surface area (Å²) in [6.45, 7) is 4.55. The minimum Gasteiger partial charge on any atom is -0.493 e. The Morgan fingerprint density at radius 1 is 1.20 bits per heavy atom. The zero-order valence-corrected chi connectivity index (χ0v) is 15.5. The van der Waals surface area contributed by atoms with Gasteiger partial charge in [0.05, 0.1) is 19.8 Å². The summed E-state index contributed by atoms with van der Waals surface area (Å²) in [5.74, 6) is 1.73. The molecular weight excluding hydrogens is 334 g/mol. The smallest absolute Gasteiger partial charge is 0.165 e. The van der Waals surface area contributed by atoms with Crippen molar-refractivity contribution in [3.63, 3.8) is 0 Å². The predicted octanol–water partition coefficient (Wildman–Crippen LogP) is 4.39. The quantitative estimate of drug-likeness (QED) is 0.810. The lowest BCUT2D eigenvalue weighted by Crippen LogP contribution is -2.27. The van der Waals surface area contributed by atoms with Crippen LogP contribution in [-0.2, 0) is 17.8 Å². The molecular formula is C20H25NO3S. The van der Waals surface area contributed by atoms with Crippen LogP contribution in [0.3, 0.4) is 0 Å². The molecule has 1 atom stereocenters. The molecule has 0 saturated carbocycles. The Morgan fingerprint density at radius 2 is 2.16 bits per heavy atom. The molecule has 0 unspecified atom stereocenters. The van der Waals surface area contributed by atoms with Crippen LogP contribution in [-0.4, -0.2) is 31.8 Å². The van der Waals surface area contributed by atoms with Crippen LogP contribution in [0.1, 0.15) is 40.7 Å². The average molecular weight is 359 g/mol. The van der Waals surface area contributed by atoms with Crippen molar-refractivity contribution in [2.24, 2.45) is 0 Å². The van der Waals surface area contributed by atoms with Gasteiger partial charge >= 0.3 is 0 Å².